The summed E-state index contributed by atoms with van der Waals surface area (Å²) in [7, 11) is 3.39. The largest absolute Gasteiger partial charge is 0.497 e. The maximum absolute atomic E-state index is 12.5. The van der Waals surface area contributed by atoms with E-state index in [0.717, 1.165) is 17.0 Å². The minimum Gasteiger partial charge on any atom is -0.497 e. The van der Waals surface area contributed by atoms with Crippen molar-refractivity contribution in [2.75, 3.05) is 19.0 Å². The van der Waals surface area contributed by atoms with E-state index in [-0.39, 0.29) is 24.2 Å². The Bertz CT molecular complexity index is 782. The highest BCUT2D eigenvalue weighted by Gasteiger charge is 2.34. The van der Waals surface area contributed by atoms with Crippen LogP contribution in [-0.4, -0.2) is 40.1 Å². The van der Waals surface area contributed by atoms with Gasteiger partial charge in [-0.05, 0) is 24.6 Å². The molecule has 1 N–H and O–H groups in total. The number of carbonyl (C=O) groups is 2. The summed E-state index contributed by atoms with van der Waals surface area (Å²) in [5.74, 6) is 0.926. The molecule has 1 atom stereocenters. The topological polar surface area (TPSA) is 76.5 Å². The van der Waals surface area contributed by atoms with Gasteiger partial charge in [0.25, 0.3) is 0 Å². The van der Waals surface area contributed by atoms with Crippen molar-refractivity contribution in [2.45, 2.75) is 19.9 Å². The molecule has 2 amide bonds. The number of hydrogen-bond donors (Lipinski definition) is 1. The summed E-state index contributed by atoms with van der Waals surface area (Å²) in [5, 5.41) is 7.06. The fourth-order valence-electron chi connectivity index (χ4n) is 3.01. The number of nitrogens with one attached hydrogen (secondary N) is 1. The second-order valence-electron chi connectivity index (χ2n) is 6.31. The van der Waals surface area contributed by atoms with Gasteiger partial charge in [-0.3, -0.25) is 14.3 Å². The van der Waals surface area contributed by atoms with Crippen LogP contribution in [0.15, 0.2) is 30.3 Å². The summed E-state index contributed by atoms with van der Waals surface area (Å²) < 4.78 is 6.76. The van der Waals surface area contributed by atoms with Gasteiger partial charge in [0.1, 0.15) is 11.6 Å². The number of aryl methyl sites for hydroxylation is 2. The Labute approximate surface area is 146 Å². The zero-order chi connectivity index (χ0) is 18.0. The van der Waals surface area contributed by atoms with Gasteiger partial charge in [-0.25, -0.2) is 0 Å². The first kappa shape index (κ1) is 17.0. The van der Waals surface area contributed by atoms with Crippen LogP contribution in [0, 0.1) is 12.8 Å². The Morgan fingerprint density at radius 2 is 2.08 bits per heavy atom. The number of anilines is 1. The quantitative estimate of drug-likeness (QED) is 0.898. The molecular formula is C18H22N4O3. The van der Waals surface area contributed by atoms with Crippen LogP contribution in [0.4, 0.5) is 5.82 Å². The summed E-state index contributed by atoms with van der Waals surface area (Å²) in [6, 6.07) is 9.40. The number of carbonyl (C=O) groups excluding carboxylic acids is 2. The van der Waals surface area contributed by atoms with Crippen molar-refractivity contribution in [2.24, 2.45) is 13.0 Å². The number of aromatic nitrogens is 2. The van der Waals surface area contributed by atoms with Gasteiger partial charge in [0.15, 0.2) is 0 Å². The van der Waals surface area contributed by atoms with Crippen molar-refractivity contribution in [3.05, 3.63) is 41.6 Å². The summed E-state index contributed by atoms with van der Waals surface area (Å²) in [6.45, 7) is 2.79. The minimum absolute atomic E-state index is 0.00263. The Hall–Kier alpha value is -2.83. The lowest BCUT2D eigenvalue weighted by Crippen LogP contribution is -2.28. The molecular weight excluding hydrogens is 320 g/mol. The molecule has 1 aromatic heterocycles. The van der Waals surface area contributed by atoms with E-state index in [2.05, 4.69) is 10.4 Å². The van der Waals surface area contributed by atoms with Gasteiger partial charge in [0.05, 0.1) is 18.7 Å². The van der Waals surface area contributed by atoms with Gasteiger partial charge in [-0.15, -0.1) is 0 Å². The number of methoxy groups -OCH3 is 1. The predicted octanol–water partition coefficient (Wildman–Crippen LogP) is 1.72. The van der Waals surface area contributed by atoms with E-state index >= 15 is 0 Å². The molecule has 3 rings (SSSR count). The molecule has 1 saturated heterocycles. The third-order valence-electron chi connectivity index (χ3n) is 4.37. The van der Waals surface area contributed by atoms with Crippen molar-refractivity contribution in [3.63, 3.8) is 0 Å². The maximum atomic E-state index is 12.5. The fraction of sp³-hybridized carbons (Fsp3) is 0.389. The molecule has 7 nitrogen and oxygen atoms in total. The number of ether oxygens (including phenoxy) is 1. The van der Waals surface area contributed by atoms with Crippen molar-refractivity contribution in [3.8, 4) is 5.75 Å². The third kappa shape index (κ3) is 3.81. The average molecular weight is 342 g/mol. The smallest absolute Gasteiger partial charge is 0.230 e. The lowest BCUT2D eigenvalue weighted by atomic mass is 10.1. The number of benzene rings is 1. The van der Waals surface area contributed by atoms with E-state index in [0.29, 0.717) is 18.9 Å². The Balaban J connectivity index is 1.61. The molecule has 1 aliphatic heterocycles. The fourth-order valence-corrected chi connectivity index (χ4v) is 3.01. The summed E-state index contributed by atoms with van der Waals surface area (Å²) in [6.07, 6.45) is 0.235. The van der Waals surface area contributed by atoms with Gasteiger partial charge in [-0.2, -0.15) is 5.10 Å². The zero-order valence-corrected chi connectivity index (χ0v) is 14.7. The molecule has 0 spiro atoms. The Morgan fingerprint density at radius 1 is 1.36 bits per heavy atom. The standard InChI is InChI=1S/C18H22N4O3/c1-12-8-16(21(2)20-12)19-18(24)14-9-17(23)22(11-14)10-13-4-6-15(25-3)7-5-13/h4-8,14H,9-11H2,1-3H3,(H,19,24)/t14-/m0/s1. The average Bonchev–Trinajstić information content (AvgIpc) is 3.10. The van der Waals surface area contributed by atoms with Gasteiger partial charge in [0.2, 0.25) is 11.8 Å². The molecule has 0 radical (unpaired) electrons. The summed E-state index contributed by atoms with van der Waals surface area (Å²) in [4.78, 5) is 26.4. The maximum Gasteiger partial charge on any atom is 0.230 e. The second-order valence-corrected chi connectivity index (χ2v) is 6.31. The number of amides is 2. The van der Waals surface area contributed by atoms with Crippen LogP contribution >= 0.6 is 0 Å². The first-order valence-electron chi connectivity index (χ1n) is 8.18. The van der Waals surface area contributed by atoms with Crippen LogP contribution in [0.5, 0.6) is 5.75 Å². The molecule has 0 saturated carbocycles. The first-order chi connectivity index (χ1) is 12.0. The monoisotopic (exact) mass is 342 g/mol. The van der Waals surface area contributed by atoms with Crippen molar-refractivity contribution in [1.82, 2.24) is 14.7 Å². The highest BCUT2D eigenvalue weighted by Crippen LogP contribution is 2.23. The molecule has 2 aromatic rings. The molecule has 2 heterocycles. The first-order valence-corrected chi connectivity index (χ1v) is 8.18. The molecule has 1 aliphatic rings. The van der Waals surface area contributed by atoms with Crippen LogP contribution in [0.2, 0.25) is 0 Å². The van der Waals surface area contributed by atoms with Crippen molar-refractivity contribution in [1.29, 1.82) is 0 Å². The molecule has 132 valence electrons. The van der Waals surface area contributed by atoms with Gasteiger partial charge in [-0.1, -0.05) is 12.1 Å². The van der Waals surface area contributed by atoms with Crippen molar-refractivity contribution < 1.29 is 14.3 Å². The van der Waals surface area contributed by atoms with E-state index in [9.17, 15) is 9.59 Å². The van der Waals surface area contributed by atoms with E-state index in [1.165, 1.54) is 0 Å². The number of rotatable bonds is 5. The molecule has 1 fully saturated rings. The SMILES string of the molecule is COc1ccc(CN2C[C@@H](C(=O)Nc3cc(C)nn3C)CC2=O)cc1. The van der Waals surface area contributed by atoms with E-state index in [4.69, 9.17) is 4.74 Å². The molecule has 0 unspecified atom stereocenters. The number of hydrogen-bond acceptors (Lipinski definition) is 4. The number of nitrogens with zero attached hydrogens (tertiary/aromatic N) is 3. The zero-order valence-electron chi connectivity index (χ0n) is 14.7. The van der Waals surface area contributed by atoms with Crippen molar-refractivity contribution >= 4 is 17.6 Å². The van der Waals surface area contributed by atoms with Gasteiger partial charge < -0.3 is 15.0 Å². The number of likely N-dealkylation sites (tertiary alicyclic amines) is 1. The summed E-state index contributed by atoms with van der Waals surface area (Å²) >= 11 is 0. The highest BCUT2D eigenvalue weighted by molar-refractivity contribution is 5.96. The Kier molecular flexibility index (Phi) is 4.74. The molecule has 7 heteroatoms. The van der Waals surface area contributed by atoms with Gasteiger partial charge in [0, 0.05) is 32.6 Å². The van der Waals surface area contributed by atoms with Gasteiger partial charge >= 0.3 is 0 Å². The van der Waals surface area contributed by atoms with E-state index in [1.54, 1.807) is 23.7 Å². The second kappa shape index (κ2) is 6.96. The van der Waals surface area contributed by atoms with Crippen LogP contribution in [0.3, 0.4) is 0 Å². The van der Waals surface area contributed by atoms with E-state index < -0.39 is 0 Å². The Morgan fingerprint density at radius 3 is 2.68 bits per heavy atom. The third-order valence-corrected chi connectivity index (χ3v) is 4.37. The summed E-state index contributed by atoms with van der Waals surface area (Å²) in [5.41, 5.74) is 1.85. The van der Waals surface area contributed by atoms with Crippen LogP contribution in [-0.2, 0) is 23.2 Å². The molecule has 0 aliphatic carbocycles. The van der Waals surface area contributed by atoms with Crippen LogP contribution < -0.4 is 10.1 Å². The predicted molar refractivity (Wildman–Crippen MR) is 93.1 cm³/mol. The molecule has 0 bridgehead atoms. The van der Waals surface area contributed by atoms with E-state index in [1.807, 2.05) is 37.3 Å². The normalized spacial score (nSPS) is 17.0. The van der Waals surface area contributed by atoms with Crippen LogP contribution in [0.25, 0.3) is 0 Å². The molecule has 25 heavy (non-hydrogen) atoms. The van der Waals surface area contributed by atoms with Crippen LogP contribution in [0.1, 0.15) is 17.7 Å². The molecule has 1 aromatic carbocycles. The lowest BCUT2D eigenvalue weighted by Gasteiger charge is -2.17. The minimum atomic E-state index is -0.346. The highest BCUT2D eigenvalue weighted by atomic mass is 16.5. The lowest BCUT2D eigenvalue weighted by molar-refractivity contribution is -0.128.